The molecule has 1 fully saturated rings. The Bertz CT molecular complexity index is 504. The van der Waals surface area contributed by atoms with E-state index in [0.717, 1.165) is 25.8 Å². The molecule has 0 spiro atoms. The highest BCUT2D eigenvalue weighted by Gasteiger charge is 2.30. The van der Waals surface area contributed by atoms with Crippen LogP contribution in [0.3, 0.4) is 0 Å². The molecular weight excluding hydrogens is 267 g/mol. The summed E-state index contributed by atoms with van der Waals surface area (Å²) >= 11 is 0. The number of para-hydroxylation sites is 1. The van der Waals surface area contributed by atoms with Crippen molar-refractivity contribution in [3.63, 3.8) is 0 Å². The summed E-state index contributed by atoms with van der Waals surface area (Å²) in [5.41, 5.74) is 0.791. The quantitative estimate of drug-likeness (QED) is 0.912. The predicted molar refractivity (Wildman–Crippen MR) is 84.1 cm³/mol. The summed E-state index contributed by atoms with van der Waals surface area (Å²) in [5, 5.41) is 3.05. The van der Waals surface area contributed by atoms with Gasteiger partial charge in [-0.05, 0) is 44.2 Å². The number of piperidine rings is 1. The first-order valence-electron chi connectivity index (χ1n) is 7.89. The van der Waals surface area contributed by atoms with Crippen molar-refractivity contribution in [3.05, 3.63) is 29.6 Å². The van der Waals surface area contributed by atoms with Crippen molar-refractivity contribution in [3.8, 4) is 0 Å². The molecule has 1 amide bonds. The topological polar surface area (TPSA) is 32.3 Å². The molecule has 21 heavy (non-hydrogen) atoms. The Morgan fingerprint density at radius 1 is 1.43 bits per heavy atom. The molecule has 2 atom stereocenters. The van der Waals surface area contributed by atoms with Crippen LogP contribution in [0.1, 0.15) is 50.4 Å². The van der Waals surface area contributed by atoms with Gasteiger partial charge in [-0.15, -0.1) is 0 Å². The van der Waals surface area contributed by atoms with Crippen LogP contribution in [0, 0.1) is 11.7 Å². The number of benzene rings is 1. The van der Waals surface area contributed by atoms with E-state index in [0.29, 0.717) is 23.7 Å². The van der Waals surface area contributed by atoms with Crippen molar-refractivity contribution in [1.29, 1.82) is 0 Å². The van der Waals surface area contributed by atoms with E-state index in [1.54, 1.807) is 12.1 Å². The summed E-state index contributed by atoms with van der Waals surface area (Å²) in [6.07, 6.45) is 3.05. The molecule has 1 aromatic rings. The maximum Gasteiger partial charge on any atom is 0.256 e. The van der Waals surface area contributed by atoms with Crippen LogP contribution < -0.4 is 5.32 Å². The zero-order valence-corrected chi connectivity index (χ0v) is 13.2. The molecule has 4 heteroatoms. The highest BCUT2D eigenvalue weighted by Crippen LogP contribution is 2.27. The van der Waals surface area contributed by atoms with E-state index in [-0.39, 0.29) is 17.8 Å². The van der Waals surface area contributed by atoms with Crippen molar-refractivity contribution in [2.45, 2.75) is 46.1 Å². The van der Waals surface area contributed by atoms with Crippen LogP contribution >= 0.6 is 0 Å². The zero-order chi connectivity index (χ0) is 15.4. The summed E-state index contributed by atoms with van der Waals surface area (Å²) in [4.78, 5) is 14.7. The first kappa shape index (κ1) is 15.8. The van der Waals surface area contributed by atoms with Crippen LogP contribution in [0.4, 0.5) is 10.1 Å². The van der Waals surface area contributed by atoms with Crippen LogP contribution in [-0.4, -0.2) is 29.9 Å². The number of nitrogens with one attached hydrogen (secondary N) is 1. The number of halogens is 1. The Morgan fingerprint density at radius 2 is 2.19 bits per heavy atom. The Hall–Kier alpha value is -1.58. The van der Waals surface area contributed by atoms with Crippen LogP contribution in [0.25, 0.3) is 0 Å². The maximum atomic E-state index is 14.0. The second kappa shape index (κ2) is 6.92. The number of rotatable bonds is 4. The number of carbonyl (C=O) groups excluding carboxylic acids is 1. The Kier molecular flexibility index (Phi) is 5.21. The molecule has 0 bridgehead atoms. The fourth-order valence-corrected chi connectivity index (χ4v) is 2.91. The minimum absolute atomic E-state index is 0.0628. The average molecular weight is 292 g/mol. The number of hydrogen-bond donors (Lipinski definition) is 1. The van der Waals surface area contributed by atoms with Gasteiger partial charge in [-0.1, -0.05) is 19.9 Å². The summed E-state index contributed by atoms with van der Waals surface area (Å²) in [7, 11) is 0. The summed E-state index contributed by atoms with van der Waals surface area (Å²) in [6, 6.07) is 4.93. The predicted octanol–water partition coefficient (Wildman–Crippen LogP) is 3.91. The molecule has 3 nitrogen and oxygen atoms in total. The first-order valence-corrected chi connectivity index (χ1v) is 7.89. The van der Waals surface area contributed by atoms with Gasteiger partial charge < -0.3 is 10.2 Å². The van der Waals surface area contributed by atoms with E-state index >= 15 is 0 Å². The van der Waals surface area contributed by atoms with E-state index in [1.165, 1.54) is 6.07 Å². The Morgan fingerprint density at radius 3 is 2.90 bits per heavy atom. The molecule has 2 unspecified atom stereocenters. The molecule has 116 valence electrons. The largest absolute Gasteiger partial charge is 0.382 e. The molecule has 1 N–H and O–H groups in total. The third-order valence-corrected chi connectivity index (χ3v) is 4.43. The second-order valence-electron chi connectivity index (χ2n) is 5.95. The van der Waals surface area contributed by atoms with Crippen LogP contribution in [-0.2, 0) is 0 Å². The lowest BCUT2D eigenvalue weighted by molar-refractivity contribution is 0.0551. The summed E-state index contributed by atoms with van der Waals surface area (Å²) < 4.78 is 14.0. The molecular formula is C17H25FN2O. The van der Waals surface area contributed by atoms with Gasteiger partial charge in [-0.25, -0.2) is 4.39 Å². The van der Waals surface area contributed by atoms with Gasteiger partial charge in [0.2, 0.25) is 0 Å². The number of likely N-dealkylation sites (tertiary alicyclic amines) is 1. The fourth-order valence-electron chi connectivity index (χ4n) is 2.91. The van der Waals surface area contributed by atoms with Crippen molar-refractivity contribution >= 4 is 11.6 Å². The van der Waals surface area contributed by atoms with Crippen molar-refractivity contribution in [1.82, 2.24) is 4.90 Å². The molecule has 0 aliphatic carbocycles. The van der Waals surface area contributed by atoms with Gasteiger partial charge >= 0.3 is 0 Å². The lowest BCUT2D eigenvalue weighted by Gasteiger charge is -2.38. The molecule has 2 rings (SSSR count). The van der Waals surface area contributed by atoms with Crippen molar-refractivity contribution < 1.29 is 9.18 Å². The van der Waals surface area contributed by atoms with E-state index in [1.807, 2.05) is 11.8 Å². The van der Waals surface area contributed by atoms with Gasteiger partial charge in [0, 0.05) is 19.1 Å². The zero-order valence-electron chi connectivity index (χ0n) is 13.2. The van der Waals surface area contributed by atoms with E-state index in [9.17, 15) is 9.18 Å². The molecule has 0 aromatic heterocycles. The molecule has 1 aromatic carbocycles. The van der Waals surface area contributed by atoms with Crippen molar-refractivity contribution in [2.24, 2.45) is 5.92 Å². The molecule has 0 saturated carbocycles. The van der Waals surface area contributed by atoms with Crippen LogP contribution in [0.5, 0.6) is 0 Å². The van der Waals surface area contributed by atoms with Gasteiger partial charge in [-0.3, -0.25) is 4.79 Å². The first-order chi connectivity index (χ1) is 10.1. The van der Waals surface area contributed by atoms with Crippen LogP contribution in [0.15, 0.2) is 18.2 Å². The third kappa shape index (κ3) is 3.36. The fraction of sp³-hybridized carbons (Fsp3) is 0.588. The lowest BCUT2D eigenvalue weighted by atomic mass is 9.91. The smallest absolute Gasteiger partial charge is 0.256 e. The number of amides is 1. The SMILES string of the molecule is CCCNc1c(F)cccc1C(=O)N1CCCC(C)C1C. The molecule has 0 radical (unpaired) electrons. The molecule has 1 heterocycles. The molecule has 1 saturated heterocycles. The number of nitrogens with zero attached hydrogens (tertiary/aromatic N) is 1. The lowest BCUT2D eigenvalue weighted by Crippen LogP contribution is -2.46. The average Bonchev–Trinajstić information content (AvgIpc) is 2.48. The Balaban J connectivity index is 2.28. The summed E-state index contributed by atoms with van der Waals surface area (Å²) in [5.74, 6) is 0.0717. The van der Waals surface area contributed by atoms with Gasteiger partial charge in [0.05, 0.1) is 11.3 Å². The molecule has 1 aliphatic rings. The van der Waals surface area contributed by atoms with Gasteiger partial charge in [0.15, 0.2) is 0 Å². The van der Waals surface area contributed by atoms with Gasteiger partial charge in [0.25, 0.3) is 5.91 Å². The highest BCUT2D eigenvalue weighted by atomic mass is 19.1. The minimum atomic E-state index is -0.355. The number of anilines is 1. The third-order valence-electron chi connectivity index (χ3n) is 4.43. The summed E-state index contributed by atoms with van der Waals surface area (Å²) in [6.45, 7) is 7.69. The number of hydrogen-bond acceptors (Lipinski definition) is 2. The number of carbonyl (C=O) groups is 1. The van der Waals surface area contributed by atoms with Crippen LogP contribution in [0.2, 0.25) is 0 Å². The van der Waals surface area contributed by atoms with E-state index in [2.05, 4.69) is 19.2 Å². The van der Waals surface area contributed by atoms with Crippen molar-refractivity contribution in [2.75, 3.05) is 18.4 Å². The van der Waals surface area contributed by atoms with Gasteiger partial charge in [0.1, 0.15) is 5.82 Å². The second-order valence-corrected chi connectivity index (χ2v) is 5.95. The Labute approximate surface area is 126 Å². The minimum Gasteiger partial charge on any atom is -0.382 e. The monoisotopic (exact) mass is 292 g/mol. The molecule has 1 aliphatic heterocycles. The van der Waals surface area contributed by atoms with E-state index < -0.39 is 0 Å². The highest BCUT2D eigenvalue weighted by molar-refractivity contribution is 6.00. The van der Waals surface area contributed by atoms with E-state index in [4.69, 9.17) is 0 Å². The maximum absolute atomic E-state index is 14.0. The van der Waals surface area contributed by atoms with Gasteiger partial charge in [-0.2, -0.15) is 0 Å². The normalized spacial score (nSPS) is 22.2. The standard InChI is InChI=1S/C17H25FN2O/c1-4-10-19-16-14(8-5-9-15(16)18)17(21)20-11-6-7-12(2)13(20)3/h5,8-9,12-13,19H,4,6-7,10-11H2,1-3H3.